The van der Waals surface area contributed by atoms with Gasteiger partial charge in [-0.15, -0.1) is 0 Å². The Morgan fingerprint density at radius 2 is 2.00 bits per heavy atom. The normalized spacial score (nSPS) is 12.8. The minimum atomic E-state index is -3.47. The number of imidazole rings is 1. The van der Waals surface area contributed by atoms with E-state index in [1.807, 2.05) is 19.3 Å². The number of carbonyl (C=O) groups excluding carboxylic acids is 1. The number of aromatic nitrogens is 3. The molecule has 1 amide bonds. The first-order valence-corrected chi connectivity index (χ1v) is 10.0. The summed E-state index contributed by atoms with van der Waals surface area (Å²) in [6, 6.07) is 9.66. The summed E-state index contributed by atoms with van der Waals surface area (Å²) in [5, 5.41) is 2.86. The van der Waals surface area contributed by atoms with Gasteiger partial charge in [-0.3, -0.25) is 9.20 Å². The smallest absolute Gasteiger partial charge is 0.233 e. The van der Waals surface area contributed by atoms with Gasteiger partial charge < -0.3 is 5.32 Å². The average Bonchev–Trinajstić information content (AvgIpc) is 3.09. The van der Waals surface area contributed by atoms with Crippen LogP contribution in [0.2, 0.25) is 0 Å². The summed E-state index contributed by atoms with van der Waals surface area (Å²) in [5.41, 5.74) is 0.700. The Kier molecular flexibility index (Phi) is 5.32. The molecule has 8 heteroatoms. The van der Waals surface area contributed by atoms with Crippen molar-refractivity contribution in [2.45, 2.75) is 30.7 Å². The van der Waals surface area contributed by atoms with Crippen LogP contribution in [0, 0.1) is 0 Å². The van der Waals surface area contributed by atoms with Crippen LogP contribution >= 0.6 is 0 Å². The Hall–Kier alpha value is -2.74. The fraction of sp³-hybridized carbons (Fsp3) is 0.278. The Balaban J connectivity index is 1.64. The highest BCUT2D eigenvalue weighted by molar-refractivity contribution is 7.91. The molecular weight excluding hydrogens is 352 g/mol. The summed E-state index contributed by atoms with van der Waals surface area (Å²) in [4.78, 5) is 21.1. The van der Waals surface area contributed by atoms with Gasteiger partial charge in [0.2, 0.25) is 11.7 Å². The van der Waals surface area contributed by atoms with Gasteiger partial charge in [0.05, 0.1) is 22.4 Å². The molecule has 3 aromatic rings. The van der Waals surface area contributed by atoms with Crippen molar-refractivity contribution in [3.05, 3.63) is 60.7 Å². The summed E-state index contributed by atoms with van der Waals surface area (Å²) in [6.07, 6.45) is 5.85. The number of nitrogens with one attached hydrogen (secondary N) is 1. The number of hydrogen-bond donors (Lipinski definition) is 1. The van der Waals surface area contributed by atoms with Crippen LogP contribution in [0.5, 0.6) is 0 Å². The topological polar surface area (TPSA) is 93.4 Å². The van der Waals surface area contributed by atoms with Gasteiger partial charge in [0.15, 0.2) is 9.84 Å². The lowest BCUT2D eigenvalue weighted by Gasteiger charge is -2.14. The van der Waals surface area contributed by atoms with E-state index in [1.165, 1.54) is 12.1 Å². The molecule has 0 saturated carbocycles. The summed E-state index contributed by atoms with van der Waals surface area (Å²) < 4.78 is 26.3. The second-order valence-corrected chi connectivity index (χ2v) is 8.01. The van der Waals surface area contributed by atoms with E-state index < -0.39 is 9.84 Å². The predicted molar refractivity (Wildman–Crippen MR) is 97.3 cm³/mol. The lowest BCUT2D eigenvalue weighted by molar-refractivity contribution is -0.121. The second kappa shape index (κ2) is 7.65. The predicted octanol–water partition coefficient (Wildman–Crippen LogP) is 2.16. The van der Waals surface area contributed by atoms with Crippen molar-refractivity contribution in [2.24, 2.45) is 0 Å². The van der Waals surface area contributed by atoms with Gasteiger partial charge in [-0.2, -0.15) is 0 Å². The molecule has 2 aromatic heterocycles. The average molecular weight is 372 g/mol. The molecule has 0 spiro atoms. The highest BCUT2D eigenvalue weighted by atomic mass is 32.2. The Labute approximate surface area is 152 Å². The van der Waals surface area contributed by atoms with Gasteiger partial charge in [-0.05, 0) is 24.6 Å². The molecule has 0 fully saturated rings. The zero-order chi connectivity index (χ0) is 18.6. The Morgan fingerprint density at radius 3 is 2.69 bits per heavy atom. The number of carbonyl (C=O) groups is 1. The van der Waals surface area contributed by atoms with Crippen LogP contribution < -0.4 is 5.32 Å². The van der Waals surface area contributed by atoms with Crippen molar-refractivity contribution in [2.75, 3.05) is 5.75 Å². The van der Waals surface area contributed by atoms with Crippen molar-refractivity contribution in [3.8, 4) is 0 Å². The number of benzene rings is 1. The molecule has 0 saturated heterocycles. The molecule has 136 valence electrons. The highest BCUT2D eigenvalue weighted by Crippen LogP contribution is 2.17. The van der Waals surface area contributed by atoms with Crippen LogP contribution in [0.1, 0.15) is 31.5 Å². The van der Waals surface area contributed by atoms with Gasteiger partial charge in [0.25, 0.3) is 0 Å². The summed E-state index contributed by atoms with van der Waals surface area (Å²) in [5.74, 6) is 0.00894. The van der Waals surface area contributed by atoms with E-state index in [4.69, 9.17) is 0 Å². The second-order valence-electron chi connectivity index (χ2n) is 5.90. The van der Waals surface area contributed by atoms with E-state index >= 15 is 0 Å². The van der Waals surface area contributed by atoms with Crippen molar-refractivity contribution in [1.29, 1.82) is 0 Å². The van der Waals surface area contributed by atoms with Crippen molar-refractivity contribution < 1.29 is 13.2 Å². The van der Waals surface area contributed by atoms with E-state index in [-0.39, 0.29) is 29.0 Å². The van der Waals surface area contributed by atoms with Crippen LogP contribution in [0.25, 0.3) is 5.78 Å². The monoisotopic (exact) mass is 372 g/mol. The molecule has 26 heavy (non-hydrogen) atoms. The van der Waals surface area contributed by atoms with E-state index in [0.29, 0.717) is 17.9 Å². The highest BCUT2D eigenvalue weighted by Gasteiger charge is 2.19. The van der Waals surface area contributed by atoms with Crippen molar-refractivity contribution in [3.63, 3.8) is 0 Å². The maximum Gasteiger partial charge on any atom is 0.233 e. The number of hydrogen-bond acceptors (Lipinski definition) is 5. The molecular formula is C18H20N4O3S. The quantitative estimate of drug-likeness (QED) is 0.686. The zero-order valence-electron chi connectivity index (χ0n) is 14.4. The SMILES string of the molecule is CC[C@@H](NC(=O)CCS(=O)(=O)c1ccccc1)c1cn2cccnc2n1. The van der Waals surface area contributed by atoms with E-state index in [2.05, 4.69) is 15.3 Å². The van der Waals surface area contributed by atoms with E-state index in [9.17, 15) is 13.2 Å². The first kappa shape index (κ1) is 18.1. The van der Waals surface area contributed by atoms with Crippen molar-refractivity contribution >= 4 is 21.5 Å². The fourth-order valence-electron chi connectivity index (χ4n) is 2.64. The Bertz CT molecular complexity index is 966. The minimum absolute atomic E-state index is 0.0979. The largest absolute Gasteiger partial charge is 0.348 e. The first-order valence-electron chi connectivity index (χ1n) is 8.36. The third kappa shape index (κ3) is 4.08. The molecule has 0 bridgehead atoms. The van der Waals surface area contributed by atoms with Crippen LogP contribution in [0.4, 0.5) is 0 Å². The van der Waals surface area contributed by atoms with E-state index in [1.54, 1.807) is 34.9 Å². The molecule has 3 rings (SSSR count). The maximum absolute atomic E-state index is 12.3. The van der Waals surface area contributed by atoms with Gasteiger partial charge in [0, 0.05) is 25.0 Å². The zero-order valence-corrected chi connectivity index (χ0v) is 15.2. The molecule has 0 aliphatic heterocycles. The third-order valence-electron chi connectivity index (χ3n) is 4.05. The molecule has 0 aliphatic rings. The molecule has 1 atom stereocenters. The Morgan fingerprint density at radius 1 is 1.23 bits per heavy atom. The minimum Gasteiger partial charge on any atom is -0.348 e. The van der Waals surface area contributed by atoms with Gasteiger partial charge >= 0.3 is 0 Å². The molecule has 7 nitrogen and oxygen atoms in total. The van der Waals surface area contributed by atoms with Gasteiger partial charge in [-0.25, -0.2) is 18.4 Å². The summed E-state index contributed by atoms with van der Waals surface area (Å²) in [7, 11) is -3.47. The lowest BCUT2D eigenvalue weighted by atomic mass is 10.1. The number of nitrogens with zero attached hydrogens (tertiary/aromatic N) is 3. The van der Waals surface area contributed by atoms with E-state index in [0.717, 1.165) is 0 Å². The number of sulfone groups is 1. The van der Waals surface area contributed by atoms with Crippen LogP contribution in [0.3, 0.4) is 0 Å². The lowest BCUT2D eigenvalue weighted by Crippen LogP contribution is -2.29. The van der Waals surface area contributed by atoms with Gasteiger partial charge in [0.1, 0.15) is 0 Å². The van der Waals surface area contributed by atoms with Crippen LogP contribution in [-0.4, -0.2) is 34.4 Å². The summed E-state index contributed by atoms with van der Waals surface area (Å²) >= 11 is 0. The molecule has 1 aromatic carbocycles. The third-order valence-corrected chi connectivity index (χ3v) is 5.79. The maximum atomic E-state index is 12.3. The summed E-state index contributed by atoms with van der Waals surface area (Å²) in [6.45, 7) is 1.93. The van der Waals surface area contributed by atoms with Crippen molar-refractivity contribution in [1.82, 2.24) is 19.7 Å². The van der Waals surface area contributed by atoms with Gasteiger partial charge in [-0.1, -0.05) is 25.1 Å². The first-order chi connectivity index (χ1) is 12.5. The standard InChI is InChI=1S/C18H20N4O3S/c1-2-15(16-13-22-11-6-10-19-18(22)21-16)20-17(23)9-12-26(24,25)14-7-4-3-5-8-14/h3-8,10-11,13,15H,2,9,12H2,1H3,(H,20,23)/t15-/m1/s1. The van der Waals surface area contributed by atoms with Crippen LogP contribution in [-0.2, 0) is 14.6 Å². The number of fused-ring (bicyclic) bond motifs is 1. The molecule has 0 aliphatic carbocycles. The molecule has 1 N–H and O–H groups in total. The number of rotatable bonds is 7. The molecule has 2 heterocycles. The fourth-order valence-corrected chi connectivity index (χ4v) is 3.90. The molecule has 0 radical (unpaired) electrons. The molecule has 0 unspecified atom stereocenters. The number of amides is 1. The van der Waals surface area contributed by atoms with Crippen LogP contribution in [0.15, 0.2) is 59.9 Å².